The number of aryl methyl sites for hydroxylation is 1. The number of thiophene rings is 1. The summed E-state index contributed by atoms with van der Waals surface area (Å²) in [4.78, 5) is 30.5. The van der Waals surface area contributed by atoms with Crippen LogP contribution in [0.2, 0.25) is 0 Å². The summed E-state index contributed by atoms with van der Waals surface area (Å²) in [7, 11) is 0. The van der Waals surface area contributed by atoms with Crippen LogP contribution in [0.25, 0.3) is 0 Å². The Labute approximate surface area is 171 Å². The van der Waals surface area contributed by atoms with Crippen molar-refractivity contribution in [1.82, 2.24) is 15.1 Å². The molecule has 1 N–H and O–H groups in total. The minimum atomic E-state index is -0.542. The summed E-state index contributed by atoms with van der Waals surface area (Å²) in [5, 5.41) is 5.05. The monoisotopic (exact) mass is 399 g/mol. The van der Waals surface area contributed by atoms with Gasteiger partial charge >= 0.3 is 0 Å². The van der Waals surface area contributed by atoms with Gasteiger partial charge in [0.2, 0.25) is 11.8 Å². The fourth-order valence-electron chi connectivity index (χ4n) is 3.51. The largest absolute Gasteiger partial charge is 0.350 e. The third-order valence-electron chi connectivity index (χ3n) is 5.47. The Kier molecular flexibility index (Phi) is 6.52. The molecule has 2 amide bonds. The number of hydrogen-bond donors (Lipinski definition) is 1. The average molecular weight is 400 g/mol. The highest BCUT2D eigenvalue weighted by molar-refractivity contribution is 7.10. The van der Waals surface area contributed by atoms with Gasteiger partial charge in [-0.15, -0.1) is 11.3 Å². The second kappa shape index (κ2) is 8.88. The van der Waals surface area contributed by atoms with Gasteiger partial charge in [-0.2, -0.15) is 0 Å². The first-order chi connectivity index (χ1) is 13.4. The number of carbonyl (C=O) groups excluding carboxylic acids is 2. The maximum atomic E-state index is 13.0. The predicted octanol–water partition coefficient (Wildman–Crippen LogP) is 2.79. The molecule has 2 heterocycles. The number of nitrogens with one attached hydrogen (secondary N) is 1. The first kappa shape index (κ1) is 20.6. The lowest BCUT2D eigenvalue weighted by atomic mass is 9.83. The van der Waals surface area contributed by atoms with Gasteiger partial charge < -0.3 is 10.2 Å². The second-order valence-electron chi connectivity index (χ2n) is 7.86. The zero-order chi connectivity index (χ0) is 20.1. The number of piperazine rings is 1. The highest BCUT2D eigenvalue weighted by Gasteiger charge is 2.35. The smallest absolute Gasteiger partial charge is 0.234 e. The van der Waals surface area contributed by atoms with E-state index in [1.807, 2.05) is 54.5 Å². The molecule has 6 heteroatoms. The third kappa shape index (κ3) is 4.80. The zero-order valence-electron chi connectivity index (χ0n) is 16.9. The molecule has 0 atom stereocenters. The lowest BCUT2D eigenvalue weighted by molar-refractivity contribution is -0.138. The number of benzene rings is 1. The van der Waals surface area contributed by atoms with Gasteiger partial charge in [-0.1, -0.05) is 30.3 Å². The number of carbonyl (C=O) groups is 2. The van der Waals surface area contributed by atoms with E-state index in [0.717, 1.165) is 18.7 Å². The summed E-state index contributed by atoms with van der Waals surface area (Å²) < 4.78 is 0. The second-order valence-corrected chi connectivity index (χ2v) is 8.86. The molecule has 3 rings (SSSR count). The van der Waals surface area contributed by atoms with Crippen LogP contribution in [-0.4, -0.2) is 54.3 Å². The van der Waals surface area contributed by atoms with Crippen molar-refractivity contribution < 1.29 is 9.59 Å². The van der Waals surface area contributed by atoms with Gasteiger partial charge in [-0.25, -0.2) is 0 Å². The molecule has 150 valence electrons. The van der Waals surface area contributed by atoms with Crippen molar-refractivity contribution in [2.24, 2.45) is 0 Å². The van der Waals surface area contributed by atoms with Crippen molar-refractivity contribution in [3.05, 3.63) is 57.8 Å². The molecule has 1 fully saturated rings. The SMILES string of the molecule is Cc1ccsc1CNC(=O)CN1CCN(C(=O)C(C)(C)c2ccccc2)CC1. The number of nitrogens with zero attached hydrogens (tertiary/aromatic N) is 2. The average Bonchev–Trinajstić information content (AvgIpc) is 3.12. The summed E-state index contributed by atoms with van der Waals surface area (Å²) in [5.41, 5.74) is 1.71. The molecule has 1 aromatic heterocycles. The van der Waals surface area contributed by atoms with Crippen LogP contribution in [-0.2, 0) is 21.5 Å². The number of rotatable bonds is 6. The molecule has 1 aliphatic rings. The molecule has 0 radical (unpaired) electrons. The van der Waals surface area contributed by atoms with Crippen molar-refractivity contribution in [2.45, 2.75) is 32.7 Å². The van der Waals surface area contributed by atoms with E-state index in [-0.39, 0.29) is 11.8 Å². The molecule has 0 saturated carbocycles. The van der Waals surface area contributed by atoms with E-state index < -0.39 is 5.41 Å². The Bertz CT molecular complexity index is 808. The van der Waals surface area contributed by atoms with E-state index in [1.54, 1.807) is 11.3 Å². The Morgan fingerprint density at radius 2 is 1.75 bits per heavy atom. The highest BCUT2D eigenvalue weighted by atomic mass is 32.1. The number of hydrogen-bond acceptors (Lipinski definition) is 4. The van der Waals surface area contributed by atoms with E-state index in [0.29, 0.717) is 26.2 Å². The maximum Gasteiger partial charge on any atom is 0.234 e. The molecule has 1 aliphatic heterocycles. The topological polar surface area (TPSA) is 52.7 Å². The first-order valence-corrected chi connectivity index (χ1v) is 10.6. The van der Waals surface area contributed by atoms with Crippen molar-refractivity contribution in [3.8, 4) is 0 Å². The molecule has 1 aromatic carbocycles. The van der Waals surface area contributed by atoms with Crippen LogP contribution < -0.4 is 5.32 Å². The molecule has 0 bridgehead atoms. The van der Waals surface area contributed by atoms with Gasteiger partial charge in [-0.05, 0) is 43.3 Å². The minimum absolute atomic E-state index is 0.0391. The fourth-order valence-corrected chi connectivity index (χ4v) is 4.35. The van der Waals surface area contributed by atoms with Crippen molar-refractivity contribution in [2.75, 3.05) is 32.7 Å². The van der Waals surface area contributed by atoms with E-state index in [2.05, 4.69) is 23.2 Å². The van der Waals surface area contributed by atoms with E-state index in [9.17, 15) is 9.59 Å². The molecule has 0 spiro atoms. The van der Waals surface area contributed by atoms with Crippen molar-refractivity contribution in [1.29, 1.82) is 0 Å². The molecular weight excluding hydrogens is 370 g/mol. The molecular formula is C22H29N3O2S. The molecule has 0 unspecified atom stereocenters. The van der Waals surface area contributed by atoms with Gasteiger partial charge in [0.05, 0.1) is 18.5 Å². The predicted molar refractivity (Wildman–Crippen MR) is 113 cm³/mol. The summed E-state index contributed by atoms with van der Waals surface area (Å²) in [6, 6.07) is 12.0. The lowest BCUT2D eigenvalue weighted by Crippen LogP contribution is -2.54. The Hall–Kier alpha value is -2.18. The van der Waals surface area contributed by atoms with Gasteiger partial charge in [0.25, 0.3) is 0 Å². The molecule has 1 saturated heterocycles. The lowest BCUT2D eigenvalue weighted by Gasteiger charge is -2.38. The first-order valence-electron chi connectivity index (χ1n) is 9.75. The van der Waals surface area contributed by atoms with Gasteiger partial charge in [0, 0.05) is 31.1 Å². The third-order valence-corrected chi connectivity index (χ3v) is 6.49. The molecule has 0 aliphatic carbocycles. The zero-order valence-corrected chi connectivity index (χ0v) is 17.7. The summed E-state index contributed by atoms with van der Waals surface area (Å²) in [6.07, 6.45) is 0. The molecule has 28 heavy (non-hydrogen) atoms. The minimum Gasteiger partial charge on any atom is -0.350 e. The van der Waals surface area contributed by atoms with E-state index in [4.69, 9.17) is 0 Å². The standard InChI is InChI=1S/C22H29N3O2S/c1-17-9-14-28-19(17)15-23-20(26)16-24-10-12-25(13-11-24)21(27)22(2,3)18-7-5-4-6-8-18/h4-9,14H,10-13,15-16H2,1-3H3,(H,23,26). The summed E-state index contributed by atoms with van der Waals surface area (Å²) in [6.45, 7) is 9.77. The quantitative estimate of drug-likeness (QED) is 0.813. The Morgan fingerprint density at radius 3 is 2.36 bits per heavy atom. The van der Waals surface area contributed by atoms with Gasteiger partial charge in [-0.3, -0.25) is 14.5 Å². The van der Waals surface area contributed by atoms with Gasteiger partial charge in [0.15, 0.2) is 0 Å². The Morgan fingerprint density at radius 1 is 1.07 bits per heavy atom. The van der Waals surface area contributed by atoms with Crippen molar-refractivity contribution >= 4 is 23.2 Å². The van der Waals surface area contributed by atoms with E-state index in [1.165, 1.54) is 10.4 Å². The van der Waals surface area contributed by atoms with Crippen LogP contribution in [0.15, 0.2) is 41.8 Å². The van der Waals surface area contributed by atoms with Crippen LogP contribution in [0.3, 0.4) is 0 Å². The highest BCUT2D eigenvalue weighted by Crippen LogP contribution is 2.26. The molecule has 2 aromatic rings. The normalized spacial score (nSPS) is 15.5. The van der Waals surface area contributed by atoms with Crippen LogP contribution >= 0.6 is 11.3 Å². The Balaban J connectivity index is 1.47. The number of amides is 2. The fraction of sp³-hybridized carbons (Fsp3) is 0.455. The van der Waals surface area contributed by atoms with Crippen LogP contribution in [0.4, 0.5) is 0 Å². The maximum absolute atomic E-state index is 13.0. The van der Waals surface area contributed by atoms with Crippen LogP contribution in [0, 0.1) is 6.92 Å². The van der Waals surface area contributed by atoms with E-state index >= 15 is 0 Å². The summed E-state index contributed by atoms with van der Waals surface area (Å²) in [5.74, 6) is 0.188. The van der Waals surface area contributed by atoms with Crippen molar-refractivity contribution in [3.63, 3.8) is 0 Å². The van der Waals surface area contributed by atoms with Crippen LogP contribution in [0.1, 0.15) is 29.9 Å². The molecule has 5 nitrogen and oxygen atoms in total. The van der Waals surface area contributed by atoms with Gasteiger partial charge in [0.1, 0.15) is 0 Å². The van der Waals surface area contributed by atoms with Crippen LogP contribution in [0.5, 0.6) is 0 Å². The summed E-state index contributed by atoms with van der Waals surface area (Å²) >= 11 is 1.67.